The van der Waals surface area contributed by atoms with Crippen molar-refractivity contribution in [1.29, 1.82) is 0 Å². The average molecular weight is 464 g/mol. The molecule has 184 valence electrons. The number of piperazine rings is 1. The Labute approximate surface area is 195 Å². The van der Waals surface area contributed by atoms with Crippen LogP contribution in [-0.4, -0.2) is 109 Å². The van der Waals surface area contributed by atoms with Crippen LogP contribution >= 0.6 is 0 Å². The van der Waals surface area contributed by atoms with Crippen molar-refractivity contribution >= 4 is 29.7 Å². The van der Waals surface area contributed by atoms with E-state index in [1.54, 1.807) is 0 Å². The second-order valence-corrected chi connectivity index (χ2v) is 9.02. The van der Waals surface area contributed by atoms with E-state index in [1.165, 1.54) is 11.3 Å². The van der Waals surface area contributed by atoms with Crippen LogP contribution in [0.1, 0.15) is 25.2 Å². The number of likely N-dealkylation sites (N-methyl/N-ethyl adjacent to an activating group) is 1. The zero-order chi connectivity index (χ0) is 24.4. The summed E-state index contributed by atoms with van der Waals surface area (Å²) in [7, 11) is 2.20. The monoisotopic (exact) mass is 463 g/mol. The number of fused-ring (bicyclic) bond motifs is 1. The van der Waals surface area contributed by atoms with Crippen molar-refractivity contribution in [3.63, 3.8) is 0 Å². The van der Waals surface area contributed by atoms with E-state index in [1.807, 2.05) is 0 Å². The van der Waals surface area contributed by atoms with Gasteiger partial charge < -0.3 is 29.7 Å². The van der Waals surface area contributed by atoms with Crippen molar-refractivity contribution in [3.8, 4) is 0 Å². The van der Waals surface area contributed by atoms with Crippen LogP contribution in [0.5, 0.6) is 0 Å². The van der Waals surface area contributed by atoms with Gasteiger partial charge in [-0.2, -0.15) is 0 Å². The molecule has 2 fully saturated rings. The lowest BCUT2D eigenvalue weighted by Gasteiger charge is -2.34. The number of aromatic nitrogens is 2. The number of carbonyl (C=O) groups is 2. The van der Waals surface area contributed by atoms with E-state index in [0.29, 0.717) is 0 Å². The predicted molar refractivity (Wildman–Crippen MR) is 128 cm³/mol. The Morgan fingerprint density at radius 1 is 1.06 bits per heavy atom. The molecule has 0 saturated carbocycles. The maximum Gasteiger partial charge on any atom is 0.290 e. The third-order valence-corrected chi connectivity index (χ3v) is 5.99. The molecular weight excluding hydrogens is 426 g/mol. The Bertz CT molecular complexity index is 881. The molecule has 2 aliphatic heterocycles. The molecule has 0 amide bonds. The van der Waals surface area contributed by atoms with Gasteiger partial charge in [0.05, 0.1) is 24.2 Å². The Morgan fingerprint density at radius 3 is 2.21 bits per heavy atom. The molecule has 2 aliphatic rings. The van der Waals surface area contributed by atoms with E-state index in [0.717, 1.165) is 75.9 Å². The first-order valence-electron chi connectivity index (χ1n) is 11.2. The van der Waals surface area contributed by atoms with Crippen LogP contribution in [0.15, 0.2) is 12.1 Å². The number of imidazole rings is 1. The summed E-state index contributed by atoms with van der Waals surface area (Å²) < 4.78 is 5.49. The molecule has 10 heteroatoms. The van der Waals surface area contributed by atoms with Gasteiger partial charge in [-0.25, -0.2) is 4.98 Å². The van der Waals surface area contributed by atoms with Gasteiger partial charge in [0.25, 0.3) is 12.9 Å². The topological polar surface area (TPSA) is 122 Å². The molecule has 4 rings (SSSR count). The molecule has 0 spiro atoms. The molecule has 0 unspecified atom stereocenters. The largest absolute Gasteiger partial charge is 0.483 e. The van der Waals surface area contributed by atoms with E-state index < -0.39 is 0 Å². The molecule has 0 aliphatic carbocycles. The lowest BCUT2D eigenvalue weighted by atomic mass is 9.91. The highest BCUT2D eigenvalue weighted by molar-refractivity contribution is 5.83. The van der Waals surface area contributed by atoms with Crippen LogP contribution in [-0.2, 0) is 19.7 Å². The first-order chi connectivity index (χ1) is 15.7. The fraction of sp³-hybridized carbons (Fsp3) is 0.609. The van der Waals surface area contributed by atoms with Gasteiger partial charge in [0, 0.05) is 56.9 Å². The molecule has 3 N–H and O–H groups in total. The molecule has 0 radical (unpaired) electrons. The summed E-state index contributed by atoms with van der Waals surface area (Å²) in [6.07, 6.45) is 0. The fourth-order valence-corrected chi connectivity index (χ4v) is 4.23. The second-order valence-electron chi connectivity index (χ2n) is 9.02. The summed E-state index contributed by atoms with van der Waals surface area (Å²) >= 11 is 0. The smallest absolute Gasteiger partial charge is 0.290 e. The number of rotatable bonds is 4. The molecule has 3 heterocycles. The number of benzene rings is 1. The van der Waals surface area contributed by atoms with Gasteiger partial charge in [0.15, 0.2) is 0 Å². The number of morpholine rings is 1. The van der Waals surface area contributed by atoms with E-state index in [4.69, 9.17) is 29.5 Å². The predicted octanol–water partition coefficient (Wildman–Crippen LogP) is 1.63. The molecule has 2 saturated heterocycles. The first kappa shape index (κ1) is 26.6. The molecule has 1 aromatic heterocycles. The fourth-order valence-electron chi connectivity index (χ4n) is 4.23. The molecule has 0 bridgehead atoms. The molecule has 10 nitrogen and oxygen atoms in total. The normalized spacial score (nSPS) is 17.5. The summed E-state index contributed by atoms with van der Waals surface area (Å²) in [6, 6.07) is 4.59. The average Bonchev–Trinajstić information content (AvgIpc) is 3.22. The summed E-state index contributed by atoms with van der Waals surface area (Å²) in [5, 5.41) is 13.8. The van der Waals surface area contributed by atoms with Gasteiger partial charge >= 0.3 is 0 Å². The van der Waals surface area contributed by atoms with Gasteiger partial charge in [-0.3, -0.25) is 14.5 Å². The van der Waals surface area contributed by atoms with E-state index in [2.05, 4.69) is 59.6 Å². The van der Waals surface area contributed by atoms with E-state index >= 15 is 0 Å². The Morgan fingerprint density at radius 2 is 1.64 bits per heavy atom. The van der Waals surface area contributed by atoms with Crippen molar-refractivity contribution < 1.29 is 24.5 Å². The third-order valence-electron chi connectivity index (χ3n) is 5.99. The number of nitrogens with zero attached hydrogens (tertiary/aromatic N) is 4. The maximum atomic E-state index is 8.36. The highest BCUT2D eigenvalue weighted by atomic mass is 16.5. The number of anilines is 1. The summed E-state index contributed by atoms with van der Waals surface area (Å²) in [4.78, 5) is 32.7. The van der Waals surface area contributed by atoms with Gasteiger partial charge in [-0.05, 0) is 31.7 Å². The van der Waals surface area contributed by atoms with Crippen LogP contribution in [0, 0.1) is 6.92 Å². The summed E-state index contributed by atoms with van der Waals surface area (Å²) in [5.41, 5.74) is 4.82. The Hall–Kier alpha value is -2.69. The molecule has 0 atom stereocenters. The number of carboxylic acid groups (broad SMARTS) is 2. The number of hydrogen-bond donors (Lipinski definition) is 3. The van der Waals surface area contributed by atoms with Crippen LogP contribution in [0.2, 0.25) is 0 Å². The zero-order valence-electron chi connectivity index (χ0n) is 20.1. The standard InChI is InChI=1S/C21H33N5O.2CH2O2/c1-16-13-17(26-7-5-24(4)6-8-26)14-18-19(16)23-20(22-18)21(2,3)15-25-9-11-27-12-10-25;2*2-1-3/h13-14H,5-12,15H2,1-4H3,(H,22,23);2*1H,(H,2,3). The SMILES string of the molecule is Cc1cc(N2CCN(C)CC2)cc2[nH]c(C(C)(C)CN3CCOCC3)nc12.O=CO.O=CO. The highest BCUT2D eigenvalue weighted by Crippen LogP contribution is 2.29. The summed E-state index contributed by atoms with van der Waals surface area (Å²) in [5.74, 6) is 1.09. The minimum absolute atomic E-state index is 0.0171. The molecule has 2 aromatic rings. The quantitative estimate of drug-likeness (QED) is 0.581. The van der Waals surface area contributed by atoms with Crippen LogP contribution in [0.4, 0.5) is 5.69 Å². The molecule has 1 aromatic carbocycles. The molecular formula is C23H37N5O5. The number of nitrogens with one attached hydrogen (secondary N) is 1. The number of H-pyrrole nitrogens is 1. The van der Waals surface area contributed by atoms with Crippen LogP contribution in [0.25, 0.3) is 11.0 Å². The van der Waals surface area contributed by atoms with Crippen molar-refractivity contribution in [3.05, 3.63) is 23.5 Å². The van der Waals surface area contributed by atoms with Crippen molar-refractivity contribution in [2.75, 3.05) is 71.0 Å². The lowest BCUT2D eigenvalue weighted by Crippen LogP contribution is -2.44. The van der Waals surface area contributed by atoms with Gasteiger partial charge in [0.1, 0.15) is 5.82 Å². The van der Waals surface area contributed by atoms with Gasteiger partial charge in [0.2, 0.25) is 0 Å². The van der Waals surface area contributed by atoms with Crippen LogP contribution in [0.3, 0.4) is 0 Å². The summed E-state index contributed by atoms with van der Waals surface area (Å²) in [6.45, 7) is 15.4. The van der Waals surface area contributed by atoms with Crippen molar-refractivity contribution in [1.82, 2.24) is 19.8 Å². The van der Waals surface area contributed by atoms with Crippen LogP contribution < -0.4 is 4.90 Å². The Balaban J connectivity index is 0.000000582. The minimum atomic E-state index is -0.250. The van der Waals surface area contributed by atoms with E-state index in [9.17, 15) is 0 Å². The second kappa shape index (κ2) is 12.5. The zero-order valence-corrected chi connectivity index (χ0v) is 20.1. The number of hydrogen-bond acceptors (Lipinski definition) is 7. The first-order valence-corrected chi connectivity index (χ1v) is 11.2. The maximum absolute atomic E-state index is 8.36. The molecule has 33 heavy (non-hydrogen) atoms. The third kappa shape index (κ3) is 7.41. The lowest BCUT2D eigenvalue weighted by molar-refractivity contribution is -0.123. The van der Waals surface area contributed by atoms with E-state index in [-0.39, 0.29) is 18.4 Å². The van der Waals surface area contributed by atoms with Crippen molar-refractivity contribution in [2.24, 2.45) is 0 Å². The Kier molecular flexibility index (Phi) is 10.1. The highest BCUT2D eigenvalue weighted by Gasteiger charge is 2.29. The number of aromatic amines is 1. The number of ether oxygens (including phenoxy) is 1. The van der Waals surface area contributed by atoms with Gasteiger partial charge in [-0.1, -0.05) is 13.8 Å². The minimum Gasteiger partial charge on any atom is -0.483 e. The van der Waals surface area contributed by atoms with Crippen molar-refractivity contribution in [2.45, 2.75) is 26.2 Å². The van der Waals surface area contributed by atoms with Gasteiger partial charge in [-0.15, -0.1) is 0 Å². The number of aryl methyl sites for hydroxylation is 1.